The number of hydrogen-bond donors (Lipinski definition) is 0. The van der Waals surface area contributed by atoms with Crippen molar-refractivity contribution in [1.82, 2.24) is 0 Å². The summed E-state index contributed by atoms with van der Waals surface area (Å²) in [7, 11) is 1.68. The number of hydrogen-bond acceptors (Lipinski definition) is 6. The average molecular weight is 509 g/mol. The standard InChI is InChI=1S/C31H40O6/c1-7-33-23(4)36-29-17-11-26(12-18-29)31(25-9-15-28(16-10-25)35-22(3)21-32-6)27-13-19-30(20-14-27)37-24(5)34-8-2/h9-20,22-24,31H,7-8,21H2,1-6H3. The van der Waals surface area contributed by atoms with Crippen LogP contribution in [0.1, 0.15) is 57.2 Å². The molecule has 0 spiro atoms. The van der Waals surface area contributed by atoms with Gasteiger partial charge in [-0.15, -0.1) is 0 Å². The van der Waals surface area contributed by atoms with Crippen LogP contribution >= 0.6 is 0 Å². The summed E-state index contributed by atoms with van der Waals surface area (Å²) in [6.45, 7) is 11.4. The lowest BCUT2D eigenvalue weighted by atomic mass is 9.85. The van der Waals surface area contributed by atoms with Gasteiger partial charge in [-0.25, -0.2) is 0 Å². The molecular formula is C31H40O6. The Kier molecular flexibility index (Phi) is 11.3. The van der Waals surface area contributed by atoms with E-state index in [4.69, 9.17) is 28.4 Å². The summed E-state index contributed by atoms with van der Waals surface area (Å²) < 4.78 is 33.9. The number of ether oxygens (including phenoxy) is 6. The van der Waals surface area contributed by atoms with Gasteiger partial charge in [0.1, 0.15) is 23.4 Å². The molecule has 0 aliphatic carbocycles. The maximum Gasteiger partial charge on any atom is 0.196 e. The van der Waals surface area contributed by atoms with Crippen LogP contribution in [0.2, 0.25) is 0 Å². The van der Waals surface area contributed by atoms with E-state index in [1.165, 1.54) is 0 Å². The molecule has 3 aromatic rings. The van der Waals surface area contributed by atoms with E-state index in [1.54, 1.807) is 7.11 Å². The van der Waals surface area contributed by atoms with Crippen LogP contribution in [-0.4, -0.2) is 45.6 Å². The van der Waals surface area contributed by atoms with E-state index in [-0.39, 0.29) is 24.6 Å². The Hall–Kier alpha value is -3.06. The minimum atomic E-state index is -0.300. The van der Waals surface area contributed by atoms with Crippen LogP contribution in [0.3, 0.4) is 0 Å². The van der Waals surface area contributed by atoms with Crippen molar-refractivity contribution in [1.29, 1.82) is 0 Å². The van der Waals surface area contributed by atoms with Gasteiger partial charge in [-0.3, -0.25) is 0 Å². The van der Waals surface area contributed by atoms with E-state index in [0.29, 0.717) is 19.8 Å². The predicted octanol–water partition coefficient (Wildman–Crippen LogP) is 6.80. The van der Waals surface area contributed by atoms with Gasteiger partial charge < -0.3 is 28.4 Å². The van der Waals surface area contributed by atoms with E-state index < -0.39 is 0 Å². The highest BCUT2D eigenvalue weighted by Gasteiger charge is 2.18. The summed E-state index contributed by atoms with van der Waals surface area (Å²) in [4.78, 5) is 0. The van der Waals surface area contributed by atoms with Gasteiger partial charge in [0.25, 0.3) is 0 Å². The lowest BCUT2D eigenvalue weighted by molar-refractivity contribution is -0.0616. The van der Waals surface area contributed by atoms with Crippen molar-refractivity contribution < 1.29 is 28.4 Å². The van der Waals surface area contributed by atoms with Crippen molar-refractivity contribution in [3.63, 3.8) is 0 Å². The van der Waals surface area contributed by atoms with Crippen molar-refractivity contribution in [2.45, 2.75) is 59.2 Å². The molecule has 37 heavy (non-hydrogen) atoms. The maximum absolute atomic E-state index is 5.96. The van der Waals surface area contributed by atoms with Gasteiger partial charge in [0, 0.05) is 26.2 Å². The Morgan fingerprint density at radius 3 is 1.22 bits per heavy atom. The van der Waals surface area contributed by atoms with Crippen LogP contribution in [0.15, 0.2) is 72.8 Å². The molecule has 0 heterocycles. The average Bonchev–Trinajstić information content (AvgIpc) is 2.88. The zero-order chi connectivity index (χ0) is 26.6. The Labute approximate surface area is 221 Å². The first-order chi connectivity index (χ1) is 17.9. The lowest BCUT2D eigenvalue weighted by Crippen LogP contribution is -2.17. The van der Waals surface area contributed by atoms with Gasteiger partial charge in [-0.2, -0.15) is 0 Å². The first kappa shape index (κ1) is 28.5. The van der Waals surface area contributed by atoms with E-state index in [0.717, 1.165) is 33.9 Å². The van der Waals surface area contributed by atoms with Gasteiger partial charge in [0.15, 0.2) is 12.6 Å². The van der Waals surface area contributed by atoms with Gasteiger partial charge >= 0.3 is 0 Å². The first-order valence-corrected chi connectivity index (χ1v) is 12.9. The van der Waals surface area contributed by atoms with E-state index in [1.807, 2.05) is 71.0 Å². The maximum atomic E-state index is 5.96. The molecule has 6 nitrogen and oxygen atoms in total. The Morgan fingerprint density at radius 2 is 0.892 bits per heavy atom. The molecule has 0 radical (unpaired) electrons. The molecular weight excluding hydrogens is 468 g/mol. The van der Waals surface area contributed by atoms with Gasteiger partial charge in [0.2, 0.25) is 0 Å². The summed E-state index contributed by atoms with van der Waals surface area (Å²) in [5.41, 5.74) is 3.45. The zero-order valence-corrected chi connectivity index (χ0v) is 22.8. The Balaban J connectivity index is 1.87. The second kappa shape index (κ2) is 14.6. The smallest absolute Gasteiger partial charge is 0.196 e. The summed E-state index contributed by atoms with van der Waals surface area (Å²) in [5, 5.41) is 0. The van der Waals surface area contributed by atoms with Gasteiger partial charge in [-0.05, 0) is 87.7 Å². The second-order valence-electron chi connectivity index (χ2n) is 8.81. The monoisotopic (exact) mass is 508 g/mol. The van der Waals surface area contributed by atoms with Crippen LogP contribution < -0.4 is 14.2 Å². The van der Waals surface area contributed by atoms with E-state index in [2.05, 4.69) is 36.4 Å². The molecule has 0 aliphatic rings. The minimum absolute atomic E-state index is 0.0159. The first-order valence-electron chi connectivity index (χ1n) is 12.9. The van der Waals surface area contributed by atoms with Crippen LogP contribution in [0, 0.1) is 0 Å². The largest absolute Gasteiger partial charge is 0.488 e. The fraction of sp³-hybridized carbons (Fsp3) is 0.419. The van der Waals surface area contributed by atoms with Crippen molar-refractivity contribution in [2.24, 2.45) is 0 Å². The topological polar surface area (TPSA) is 55.4 Å². The third kappa shape index (κ3) is 8.78. The molecule has 3 atom stereocenters. The fourth-order valence-corrected chi connectivity index (χ4v) is 4.22. The SMILES string of the molecule is CCOC(C)Oc1ccc(C(c2ccc(OC(C)COC)cc2)c2ccc(OC(C)OCC)cc2)cc1. The molecule has 0 amide bonds. The molecule has 3 aromatic carbocycles. The predicted molar refractivity (Wildman–Crippen MR) is 146 cm³/mol. The second-order valence-corrected chi connectivity index (χ2v) is 8.81. The molecule has 0 N–H and O–H groups in total. The lowest BCUT2D eigenvalue weighted by Gasteiger charge is -2.21. The van der Waals surface area contributed by atoms with Crippen LogP contribution in [0.25, 0.3) is 0 Å². The summed E-state index contributed by atoms with van der Waals surface area (Å²) >= 11 is 0. The number of rotatable bonds is 15. The van der Waals surface area contributed by atoms with Crippen molar-refractivity contribution in [3.8, 4) is 17.2 Å². The quantitative estimate of drug-likeness (QED) is 0.166. The van der Waals surface area contributed by atoms with Crippen LogP contribution in [0.5, 0.6) is 17.2 Å². The summed E-state index contributed by atoms with van der Waals surface area (Å²) in [5.74, 6) is 2.37. The molecule has 0 aliphatic heterocycles. The number of benzene rings is 3. The minimum Gasteiger partial charge on any atom is -0.488 e. The molecule has 3 rings (SSSR count). The molecule has 0 saturated heterocycles. The summed E-state index contributed by atoms with van der Waals surface area (Å²) in [6, 6.07) is 24.6. The Morgan fingerprint density at radius 1 is 0.541 bits per heavy atom. The Bertz CT molecular complexity index is 896. The highest BCUT2D eigenvalue weighted by molar-refractivity contribution is 5.46. The van der Waals surface area contributed by atoms with Crippen LogP contribution in [-0.2, 0) is 14.2 Å². The molecule has 0 bridgehead atoms. The molecule has 200 valence electrons. The molecule has 3 unspecified atom stereocenters. The fourth-order valence-electron chi connectivity index (χ4n) is 4.22. The zero-order valence-electron chi connectivity index (χ0n) is 22.8. The van der Waals surface area contributed by atoms with Gasteiger partial charge in [0.05, 0.1) is 6.61 Å². The van der Waals surface area contributed by atoms with Crippen molar-refractivity contribution >= 4 is 0 Å². The van der Waals surface area contributed by atoms with Crippen LogP contribution in [0.4, 0.5) is 0 Å². The molecule has 0 fully saturated rings. The molecule has 0 saturated carbocycles. The number of methoxy groups -OCH3 is 1. The third-order valence-corrected chi connectivity index (χ3v) is 5.79. The highest BCUT2D eigenvalue weighted by Crippen LogP contribution is 2.35. The van der Waals surface area contributed by atoms with Gasteiger partial charge in [-0.1, -0.05) is 36.4 Å². The van der Waals surface area contributed by atoms with E-state index in [9.17, 15) is 0 Å². The highest BCUT2D eigenvalue weighted by atomic mass is 16.7. The molecule has 0 aromatic heterocycles. The third-order valence-electron chi connectivity index (χ3n) is 5.79. The van der Waals surface area contributed by atoms with Crippen molar-refractivity contribution in [2.75, 3.05) is 26.9 Å². The normalized spacial score (nSPS) is 14.4. The van der Waals surface area contributed by atoms with E-state index >= 15 is 0 Å². The molecule has 6 heteroatoms. The summed E-state index contributed by atoms with van der Waals surface area (Å²) in [6.07, 6.45) is -0.623. The van der Waals surface area contributed by atoms with Crippen molar-refractivity contribution in [3.05, 3.63) is 89.5 Å².